The zero-order chi connectivity index (χ0) is 17.6. The van der Waals surface area contributed by atoms with Gasteiger partial charge in [-0.25, -0.2) is 9.18 Å². The van der Waals surface area contributed by atoms with Crippen LogP contribution in [0.5, 0.6) is 0 Å². The minimum absolute atomic E-state index is 0.0335. The van der Waals surface area contributed by atoms with Crippen LogP contribution < -0.4 is 5.32 Å². The van der Waals surface area contributed by atoms with Gasteiger partial charge in [-0.15, -0.1) is 0 Å². The monoisotopic (exact) mass is 345 g/mol. The average Bonchev–Trinajstić information content (AvgIpc) is 3.21. The van der Waals surface area contributed by atoms with Crippen molar-refractivity contribution in [3.8, 4) is 0 Å². The van der Waals surface area contributed by atoms with Gasteiger partial charge in [0, 0.05) is 25.8 Å². The molecule has 3 heterocycles. The zero-order valence-corrected chi connectivity index (χ0v) is 14.0. The van der Waals surface area contributed by atoms with Crippen LogP contribution in [0.25, 0.3) is 0 Å². The van der Waals surface area contributed by atoms with Gasteiger partial charge < -0.3 is 15.0 Å². The Bertz CT molecular complexity index is 758. The van der Waals surface area contributed by atoms with Crippen LogP contribution in [0.2, 0.25) is 0 Å². The molecular formula is C18H20FN3O3. The van der Waals surface area contributed by atoms with Crippen molar-refractivity contribution in [1.29, 1.82) is 0 Å². The van der Waals surface area contributed by atoms with Gasteiger partial charge in [-0.2, -0.15) is 0 Å². The number of hydrogen-bond donors (Lipinski definition) is 1. The molecule has 1 aromatic rings. The summed E-state index contributed by atoms with van der Waals surface area (Å²) in [5.41, 5.74) is 1.40. The van der Waals surface area contributed by atoms with Crippen molar-refractivity contribution in [1.82, 2.24) is 15.1 Å². The number of carbonyl (C=O) groups is 2. The predicted molar refractivity (Wildman–Crippen MR) is 88.0 cm³/mol. The summed E-state index contributed by atoms with van der Waals surface area (Å²) >= 11 is 0. The first-order chi connectivity index (χ1) is 12.1. The molecule has 0 bridgehead atoms. The number of urea groups is 1. The van der Waals surface area contributed by atoms with Crippen LogP contribution in [0.1, 0.15) is 24.4 Å². The maximum atomic E-state index is 14.3. The zero-order valence-electron chi connectivity index (χ0n) is 14.0. The van der Waals surface area contributed by atoms with Crippen molar-refractivity contribution in [2.24, 2.45) is 0 Å². The lowest BCUT2D eigenvalue weighted by molar-refractivity contribution is -0.127. The number of rotatable bonds is 3. The van der Waals surface area contributed by atoms with E-state index in [1.54, 1.807) is 30.1 Å². The molecule has 4 rings (SSSR count). The molecule has 3 amide bonds. The Kier molecular flexibility index (Phi) is 3.95. The highest BCUT2D eigenvalue weighted by Crippen LogP contribution is 2.36. The van der Waals surface area contributed by atoms with E-state index in [1.807, 2.05) is 0 Å². The van der Waals surface area contributed by atoms with Crippen molar-refractivity contribution < 1.29 is 18.7 Å². The largest absolute Gasteiger partial charge is 0.376 e. The number of benzene rings is 1. The van der Waals surface area contributed by atoms with Crippen molar-refractivity contribution in [3.05, 3.63) is 46.9 Å². The van der Waals surface area contributed by atoms with E-state index in [9.17, 15) is 14.0 Å². The molecule has 1 aromatic carbocycles. The summed E-state index contributed by atoms with van der Waals surface area (Å²) in [6.07, 6.45) is 1.96. The number of amides is 3. The number of nitrogens with one attached hydrogen (secondary N) is 1. The van der Waals surface area contributed by atoms with Crippen LogP contribution in [-0.4, -0.2) is 54.6 Å². The van der Waals surface area contributed by atoms with Gasteiger partial charge in [0.2, 0.25) is 0 Å². The lowest BCUT2D eigenvalue weighted by atomic mass is 9.95. The summed E-state index contributed by atoms with van der Waals surface area (Å²) < 4.78 is 19.9. The van der Waals surface area contributed by atoms with Gasteiger partial charge >= 0.3 is 6.03 Å². The standard InChI is InChI=1S/C18H20FN3O3/c1-21-14-10-22(9-11-5-4-8-25-11)17(23)15(14)16(20-18(21)24)12-6-2-3-7-13(12)19/h2-3,6-7,11,16H,4-5,8-10H2,1H3,(H,20,24)/t11-,16+/m0/s1. The second-order valence-electron chi connectivity index (χ2n) is 6.64. The summed E-state index contributed by atoms with van der Waals surface area (Å²) in [7, 11) is 1.63. The third-order valence-electron chi connectivity index (χ3n) is 5.10. The Hall–Kier alpha value is -2.41. The number of halogens is 1. The molecule has 1 saturated heterocycles. The third-order valence-corrected chi connectivity index (χ3v) is 5.10. The van der Waals surface area contributed by atoms with Gasteiger partial charge in [0.25, 0.3) is 5.91 Å². The van der Waals surface area contributed by atoms with E-state index in [0.29, 0.717) is 29.9 Å². The van der Waals surface area contributed by atoms with E-state index in [0.717, 1.165) is 19.4 Å². The SMILES string of the molecule is CN1C(=O)N[C@H](c2ccccc2F)C2=C1CN(C[C@@H]1CCCO1)C2=O. The fourth-order valence-corrected chi connectivity index (χ4v) is 3.75. The van der Waals surface area contributed by atoms with E-state index < -0.39 is 11.9 Å². The van der Waals surface area contributed by atoms with E-state index in [2.05, 4.69) is 5.32 Å². The Labute approximate surface area is 145 Å². The Morgan fingerprint density at radius 1 is 1.32 bits per heavy atom. The van der Waals surface area contributed by atoms with Crippen molar-refractivity contribution in [3.63, 3.8) is 0 Å². The van der Waals surface area contributed by atoms with E-state index in [1.165, 1.54) is 11.0 Å². The second kappa shape index (κ2) is 6.15. The van der Waals surface area contributed by atoms with Crippen LogP contribution in [0, 0.1) is 5.82 Å². The number of carbonyl (C=O) groups excluding carboxylic acids is 2. The Balaban J connectivity index is 1.67. The van der Waals surface area contributed by atoms with Crippen molar-refractivity contribution in [2.75, 3.05) is 26.7 Å². The lowest BCUT2D eigenvalue weighted by Crippen LogP contribution is -2.45. The topological polar surface area (TPSA) is 61.9 Å². The summed E-state index contributed by atoms with van der Waals surface area (Å²) in [5, 5.41) is 2.75. The summed E-state index contributed by atoms with van der Waals surface area (Å²) in [5.74, 6) is -0.597. The highest BCUT2D eigenvalue weighted by molar-refractivity contribution is 6.01. The molecule has 3 aliphatic rings. The first-order valence-corrected chi connectivity index (χ1v) is 8.49. The molecule has 0 spiro atoms. The molecule has 0 radical (unpaired) electrons. The minimum Gasteiger partial charge on any atom is -0.376 e. The Morgan fingerprint density at radius 2 is 2.12 bits per heavy atom. The summed E-state index contributed by atoms with van der Waals surface area (Å²) in [6, 6.07) is 5.13. The molecule has 0 saturated carbocycles. The number of likely N-dealkylation sites (N-methyl/N-ethyl adjacent to an activating group) is 1. The number of nitrogens with zero attached hydrogens (tertiary/aromatic N) is 2. The highest BCUT2D eigenvalue weighted by Gasteiger charge is 2.44. The van der Waals surface area contributed by atoms with Crippen LogP contribution in [-0.2, 0) is 9.53 Å². The minimum atomic E-state index is -0.762. The third kappa shape index (κ3) is 2.68. The lowest BCUT2D eigenvalue weighted by Gasteiger charge is -2.31. The first-order valence-electron chi connectivity index (χ1n) is 8.49. The maximum Gasteiger partial charge on any atom is 0.322 e. The van der Waals surface area contributed by atoms with E-state index >= 15 is 0 Å². The van der Waals surface area contributed by atoms with Crippen molar-refractivity contribution in [2.45, 2.75) is 25.0 Å². The summed E-state index contributed by atoms with van der Waals surface area (Å²) in [4.78, 5) is 28.4. The van der Waals surface area contributed by atoms with Gasteiger partial charge in [0.15, 0.2) is 0 Å². The molecule has 2 atom stereocenters. The molecule has 6 nitrogen and oxygen atoms in total. The molecule has 132 valence electrons. The number of ether oxygens (including phenoxy) is 1. The quantitative estimate of drug-likeness (QED) is 0.909. The predicted octanol–water partition coefficient (Wildman–Crippen LogP) is 1.80. The molecular weight excluding hydrogens is 325 g/mol. The maximum absolute atomic E-state index is 14.3. The molecule has 0 aliphatic carbocycles. The van der Waals surface area contributed by atoms with Crippen LogP contribution in [0.15, 0.2) is 35.5 Å². The van der Waals surface area contributed by atoms with Crippen LogP contribution in [0.3, 0.4) is 0 Å². The molecule has 1 N–H and O–H groups in total. The van der Waals surface area contributed by atoms with Crippen LogP contribution in [0.4, 0.5) is 9.18 Å². The van der Waals surface area contributed by atoms with Gasteiger partial charge in [0.1, 0.15) is 5.82 Å². The fourth-order valence-electron chi connectivity index (χ4n) is 3.75. The fraction of sp³-hybridized carbons (Fsp3) is 0.444. The summed E-state index contributed by atoms with van der Waals surface area (Å²) in [6.45, 7) is 1.57. The molecule has 25 heavy (non-hydrogen) atoms. The van der Waals surface area contributed by atoms with Crippen molar-refractivity contribution >= 4 is 11.9 Å². The normalized spacial score (nSPS) is 26.3. The van der Waals surface area contributed by atoms with Gasteiger partial charge in [0.05, 0.1) is 30.0 Å². The van der Waals surface area contributed by atoms with Crippen LogP contribution >= 0.6 is 0 Å². The molecule has 1 fully saturated rings. The molecule has 3 aliphatic heterocycles. The van der Waals surface area contributed by atoms with Gasteiger partial charge in [-0.05, 0) is 18.9 Å². The van der Waals surface area contributed by atoms with E-state index in [4.69, 9.17) is 4.74 Å². The Morgan fingerprint density at radius 3 is 2.84 bits per heavy atom. The smallest absolute Gasteiger partial charge is 0.322 e. The van der Waals surface area contributed by atoms with Gasteiger partial charge in [-0.1, -0.05) is 18.2 Å². The first kappa shape index (κ1) is 16.1. The van der Waals surface area contributed by atoms with Gasteiger partial charge in [-0.3, -0.25) is 9.69 Å². The average molecular weight is 345 g/mol. The molecule has 7 heteroatoms. The molecule has 0 unspecified atom stereocenters. The highest BCUT2D eigenvalue weighted by atomic mass is 19.1. The second-order valence-corrected chi connectivity index (χ2v) is 6.64. The number of hydrogen-bond acceptors (Lipinski definition) is 3. The van der Waals surface area contributed by atoms with E-state index in [-0.39, 0.29) is 18.0 Å². The molecule has 0 aromatic heterocycles.